The zero-order valence-electron chi connectivity index (χ0n) is 14.2. The highest BCUT2D eigenvalue weighted by Gasteiger charge is 2.57. The van der Waals surface area contributed by atoms with Gasteiger partial charge in [0.05, 0.1) is 0 Å². The lowest BCUT2D eigenvalue weighted by Crippen LogP contribution is -2.44. The molecular formula is C19H23NO5. The van der Waals surface area contributed by atoms with Crippen molar-refractivity contribution in [1.82, 2.24) is 5.32 Å². The third-order valence-electron chi connectivity index (χ3n) is 5.90. The molecule has 0 unspecified atom stereocenters. The maximum atomic E-state index is 12.4. The third-order valence-corrected chi connectivity index (χ3v) is 5.90. The number of benzene rings is 1. The van der Waals surface area contributed by atoms with Crippen molar-refractivity contribution in [2.45, 2.75) is 43.9 Å². The fraction of sp³-hybridized carbons (Fsp3) is 0.579. The van der Waals surface area contributed by atoms with Crippen molar-refractivity contribution in [3.05, 3.63) is 23.8 Å². The number of amides is 1. The number of carbonyl (C=O) groups is 2. The van der Waals surface area contributed by atoms with Gasteiger partial charge in [-0.1, -0.05) is 18.9 Å². The average molecular weight is 345 g/mol. The second kappa shape index (κ2) is 5.93. The van der Waals surface area contributed by atoms with E-state index < -0.39 is 11.4 Å². The number of carbonyl (C=O) groups excluding carboxylic acids is 1. The highest BCUT2D eigenvalue weighted by atomic mass is 16.6. The van der Waals surface area contributed by atoms with Crippen LogP contribution in [-0.2, 0) is 15.0 Å². The summed E-state index contributed by atoms with van der Waals surface area (Å²) in [5.41, 5.74) is -0.207. The Hall–Kier alpha value is -2.24. The van der Waals surface area contributed by atoms with Crippen LogP contribution in [0.15, 0.2) is 18.2 Å². The smallest absolute Gasteiger partial charge is 0.319 e. The fourth-order valence-electron chi connectivity index (χ4n) is 4.07. The van der Waals surface area contributed by atoms with Crippen LogP contribution < -0.4 is 14.8 Å². The molecule has 1 heterocycles. The molecule has 25 heavy (non-hydrogen) atoms. The molecule has 2 saturated carbocycles. The van der Waals surface area contributed by atoms with Crippen LogP contribution in [0, 0.1) is 5.41 Å². The van der Waals surface area contributed by atoms with Gasteiger partial charge in [-0.25, -0.2) is 0 Å². The Morgan fingerprint density at radius 2 is 1.72 bits per heavy atom. The highest BCUT2D eigenvalue weighted by molar-refractivity contribution is 6.04. The molecule has 1 aromatic rings. The van der Waals surface area contributed by atoms with Gasteiger partial charge in [-0.3, -0.25) is 9.59 Å². The van der Waals surface area contributed by atoms with Gasteiger partial charge in [0, 0.05) is 12.0 Å². The van der Waals surface area contributed by atoms with E-state index in [1.165, 1.54) is 0 Å². The summed E-state index contributed by atoms with van der Waals surface area (Å²) < 4.78 is 11.3. The molecular weight excluding hydrogens is 322 g/mol. The fourth-order valence-corrected chi connectivity index (χ4v) is 4.07. The van der Waals surface area contributed by atoms with Gasteiger partial charge in [0.15, 0.2) is 11.5 Å². The summed E-state index contributed by atoms with van der Waals surface area (Å²) in [7, 11) is 0. The normalized spacial score (nSPS) is 22.2. The minimum Gasteiger partial charge on any atom is -0.486 e. The molecule has 3 aliphatic rings. The van der Waals surface area contributed by atoms with Crippen LogP contribution >= 0.6 is 0 Å². The SMILES string of the molecule is O=C(O)C1(C(=O)NCC2(c3ccc4c(c3)OCCO4)CCCC2)CC1. The molecule has 0 aromatic heterocycles. The van der Waals surface area contributed by atoms with E-state index in [4.69, 9.17) is 9.47 Å². The molecule has 6 heteroatoms. The van der Waals surface area contributed by atoms with Gasteiger partial charge in [-0.05, 0) is 43.4 Å². The van der Waals surface area contributed by atoms with Crippen molar-refractivity contribution in [2.75, 3.05) is 19.8 Å². The zero-order valence-corrected chi connectivity index (χ0v) is 14.2. The topological polar surface area (TPSA) is 84.9 Å². The van der Waals surface area contributed by atoms with Gasteiger partial charge < -0.3 is 19.9 Å². The summed E-state index contributed by atoms with van der Waals surface area (Å²) in [5.74, 6) is 0.161. The lowest BCUT2D eigenvalue weighted by molar-refractivity contribution is -0.149. The largest absolute Gasteiger partial charge is 0.486 e. The number of ether oxygens (including phenoxy) is 2. The third kappa shape index (κ3) is 2.73. The van der Waals surface area contributed by atoms with E-state index in [-0.39, 0.29) is 11.3 Å². The summed E-state index contributed by atoms with van der Waals surface area (Å²) in [5, 5.41) is 12.2. The number of aliphatic carboxylic acids is 1. The second-order valence-corrected chi connectivity index (χ2v) is 7.42. The molecule has 4 rings (SSSR count). The van der Waals surface area contributed by atoms with E-state index in [0.717, 1.165) is 42.7 Å². The highest BCUT2D eigenvalue weighted by Crippen LogP contribution is 2.47. The van der Waals surface area contributed by atoms with Crippen LogP contribution in [0.3, 0.4) is 0 Å². The molecule has 2 aliphatic carbocycles. The standard InChI is InChI=1S/C19H23NO5/c21-16(19(7-8-19)17(22)23)20-12-18(5-1-2-6-18)13-3-4-14-15(11-13)25-10-9-24-14/h3-4,11H,1-2,5-10,12H2,(H,20,21)(H,22,23). The van der Waals surface area contributed by atoms with Crippen molar-refractivity contribution in [1.29, 1.82) is 0 Å². The summed E-state index contributed by atoms with van der Waals surface area (Å²) >= 11 is 0. The molecule has 0 spiro atoms. The van der Waals surface area contributed by atoms with Crippen LogP contribution in [0.25, 0.3) is 0 Å². The predicted molar refractivity (Wildman–Crippen MR) is 89.9 cm³/mol. The van der Waals surface area contributed by atoms with Gasteiger partial charge in [0.2, 0.25) is 5.91 Å². The minimum atomic E-state index is -1.19. The number of fused-ring (bicyclic) bond motifs is 1. The van der Waals surface area contributed by atoms with Crippen molar-refractivity contribution >= 4 is 11.9 Å². The molecule has 0 atom stereocenters. The number of carboxylic acids is 1. The van der Waals surface area contributed by atoms with Crippen molar-refractivity contribution in [2.24, 2.45) is 5.41 Å². The Balaban J connectivity index is 1.54. The lowest BCUT2D eigenvalue weighted by atomic mass is 9.78. The Kier molecular flexibility index (Phi) is 3.85. The van der Waals surface area contributed by atoms with Crippen LogP contribution in [0.2, 0.25) is 0 Å². The quantitative estimate of drug-likeness (QED) is 0.800. The van der Waals surface area contributed by atoms with Crippen molar-refractivity contribution in [3.8, 4) is 11.5 Å². The molecule has 134 valence electrons. The van der Waals surface area contributed by atoms with Crippen LogP contribution in [0.4, 0.5) is 0 Å². The summed E-state index contributed by atoms with van der Waals surface area (Å²) in [6.45, 7) is 1.58. The summed E-state index contributed by atoms with van der Waals surface area (Å²) in [6, 6.07) is 6.01. The monoisotopic (exact) mass is 345 g/mol. The number of carboxylic acid groups (broad SMARTS) is 1. The van der Waals surface area contributed by atoms with Crippen LogP contribution in [0.5, 0.6) is 11.5 Å². The van der Waals surface area contributed by atoms with E-state index in [0.29, 0.717) is 32.6 Å². The number of hydrogen-bond donors (Lipinski definition) is 2. The molecule has 1 aromatic carbocycles. The Morgan fingerprint density at radius 1 is 1.04 bits per heavy atom. The Bertz CT molecular complexity index is 704. The molecule has 0 bridgehead atoms. The lowest BCUT2D eigenvalue weighted by Gasteiger charge is -2.31. The summed E-state index contributed by atoms with van der Waals surface area (Å²) in [4.78, 5) is 23.7. The molecule has 0 radical (unpaired) electrons. The maximum Gasteiger partial charge on any atom is 0.319 e. The number of nitrogens with one attached hydrogen (secondary N) is 1. The first kappa shape index (κ1) is 16.2. The molecule has 1 aliphatic heterocycles. The molecule has 0 saturated heterocycles. The van der Waals surface area contributed by atoms with Gasteiger partial charge in [0.25, 0.3) is 0 Å². The van der Waals surface area contributed by atoms with Gasteiger partial charge >= 0.3 is 5.97 Å². The summed E-state index contributed by atoms with van der Waals surface area (Å²) in [6.07, 6.45) is 5.04. The van der Waals surface area contributed by atoms with E-state index in [9.17, 15) is 14.7 Å². The Morgan fingerprint density at radius 3 is 2.36 bits per heavy atom. The van der Waals surface area contributed by atoms with Gasteiger partial charge in [0.1, 0.15) is 18.6 Å². The first-order valence-electron chi connectivity index (χ1n) is 8.98. The second-order valence-electron chi connectivity index (χ2n) is 7.42. The molecule has 2 N–H and O–H groups in total. The minimum absolute atomic E-state index is 0.153. The first-order valence-corrected chi connectivity index (χ1v) is 8.98. The average Bonchev–Trinajstić information content (AvgIpc) is 3.32. The number of rotatable bonds is 5. The van der Waals surface area contributed by atoms with E-state index >= 15 is 0 Å². The van der Waals surface area contributed by atoms with Crippen LogP contribution in [0.1, 0.15) is 44.1 Å². The van der Waals surface area contributed by atoms with E-state index in [1.807, 2.05) is 12.1 Å². The van der Waals surface area contributed by atoms with Gasteiger partial charge in [-0.2, -0.15) is 0 Å². The van der Waals surface area contributed by atoms with E-state index in [1.54, 1.807) is 0 Å². The Labute approximate surface area is 146 Å². The number of hydrogen-bond acceptors (Lipinski definition) is 4. The molecule has 2 fully saturated rings. The maximum absolute atomic E-state index is 12.4. The molecule has 6 nitrogen and oxygen atoms in total. The van der Waals surface area contributed by atoms with Crippen molar-refractivity contribution in [3.63, 3.8) is 0 Å². The zero-order chi connectivity index (χ0) is 17.5. The van der Waals surface area contributed by atoms with Crippen LogP contribution in [-0.4, -0.2) is 36.7 Å². The molecule has 1 amide bonds. The van der Waals surface area contributed by atoms with E-state index in [2.05, 4.69) is 11.4 Å². The predicted octanol–water partition coefficient (Wildman–Crippen LogP) is 2.25. The van der Waals surface area contributed by atoms with Gasteiger partial charge in [-0.15, -0.1) is 0 Å². The first-order chi connectivity index (χ1) is 12.1. The van der Waals surface area contributed by atoms with Crippen molar-refractivity contribution < 1.29 is 24.2 Å².